The molecule has 0 radical (unpaired) electrons. The lowest BCUT2D eigenvalue weighted by Crippen LogP contribution is -2.25. The quantitative estimate of drug-likeness (QED) is 0.666. The van der Waals surface area contributed by atoms with Gasteiger partial charge in [-0.2, -0.15) is 5.10 Å². The van der Waals surface area contributed by atoms with Crippen LogP contribution in [0.5, 0.6) is 17.2 Å². The molecule has 0 saturated heterocycles. The third-order valence-electron chi connectivity index (χ3n) is 3.81. The molecule has 1 aromatic heterocycles. The highest BCUT2D eigenvalue weighted by molar-refractivity contribution is 5.76. The van der Waals surface area contributed by atoms with E-state index in [1.165, 1.54) is 0 Å². The third kappa shape index (κ3) is 5.41. The molecule has 0 aliphatic rings. The van der Waals surface area contributed by atoms with Gasteiger partial charge in [0, 0.05) is 31.9 Å². The van der Waals surface area contributed by atoms with E-state index in [9.17, 15) is 4.79 Å². The van der Waals surface area contributed by atoms with Gasteiger partial charge in [-0.15, -0.1) is 0 Å². The predicted octanol–water partition coefficient (Wildman–Crippen LogP) is 2.05. The summed E-state index contributed by atoms with van der Waals surface area (Å²) in [5.74, 6) is 1.76. The lowest BCUT2D eigenvalue weighted by Gasteiger charge is -2.14. The Bertz CT molecular complexity index is 646. The molecular formula is C18H25N3O4. The van der Waals surface area contributed by atoms with E-state index in [0.29, 0.717) is 36.6 Å². The standard InChI is InChI=1S/C18H25N3O4/c1-23-15-12-14(13-16(24-2)18(15)25-3)6-7-17(22)19-8-4-10-21-11-5-9-20-21/h5,9,11-13H,4,6-8,10H2,1-3H3,(H,19,22). The van der Waals surface area contributed by atoms with Gasteiger partial charge < -0.3 is 19.5 Å². The van der Waals surface area contributed by atoms with Crippen LogP contribution in [0, 0.1) is 0 Å². The number of nitrogens with one attached hydrogen (secondary N) is 1. The first kappa shape index (κ1) is 18.6. The highest BCUT2D eigenvalue weighted by Crippen LogP contribution is 2.38. The van der Waals surface area contributed by atoms with E-state index in [1.54, 1.807) is 27.5 Å². The number of aromatic nitrogens is 2. The lowest BCUT2D eigenvalue weighted by atomic mass is 10.1. The smallest absolute Gasteiger partial charge is 0.220 e. The van der Waals surface area contributed by atoms with Crippen LogP contribution < -0.4 is 19.5 Å². The second-order valence-electron chi connectivity index (χ2n) is 5.51. The fraction of sp³-hybridized carbons (Fsp3) is 0.444. The van der Waals surface area contributed by atoms with Crippen molar-refractivity contribution in [2.45, 2.75) is 25.8 Å². The summed E-state index contributed by atoms with van der Waals surface area (Å²) in [6.45, 7) is 1.42. The zero-order chi connectivity index (χ0) is 18.1. The van der Waals surface area contributed by atoms with Crippen LogP contribution >= 0.6 is 0 Å². The number of methoxy groups -OCH3 is 3. The van der Waals surface area contributed by atoms with E-state index in [1.807, 2.05) is 29.1 Å². The van der Waals surface area contributed by atoms with Crippen molar-refractivity contribution in [3.8, 4) is 17.2 Å². The number of benzene rings is 1. The molecule has 7 heteroatoms. The first-order valence-electron chi connectivity index (χ1n) is 8.21. The molecule has 1 heterocycles. The van der Waals surface area contributed by atoms with Crippen LogP contribution in [0.15, 0.2) is 30.6 Å². The second kappa shape index (κ2) is 9.56. The van der Waals surface area contributed by atoms with E-state index < -0.39 is 0 Å². The van der Waals surface area contributed by atoms with Gasteiger partial charge in [0.25, 0.3) is 0 Å². The highest BCUT2D eigenvalue weighted by Gasteiger charge is 2.13. The fourth-order valence-corrected chi connectivity index (χ4v) is 2.53. The van der Waals surface area contributed by atoms with Crippen molar-refractivity contribution < 1.29 is 19.0 Å². The maximum atomic E-state index is 12.0. The molecule has 0 aliphatic carbocycles. The van der Waals surface area contributed by atoms with Gasteiger partial charge in [0.1, 0.15) is 0 Å². The Labute approximate surface area is 147 Å². The van der Waals surface area contributed by atoms with E-state index in [-0.39, 0.29) is 5.91 Å². The van der Waals surface area contributed by atoms with Crippen LogP contribution in [0.4, 0.5) is 0 Å². The largest absolute Gasteiger partial charge is 0.493 e. The van der Waals surface area contributed by atoms with Gasteiger partial charge in [-0.05, 0) is 36.6 Å². The van der Waals surface area contributed by atoms with Gasteiger partial charge in [-0.1, -0.05) is 0 Å². The molecule has 0 aliphatic heterocycles. The molecule has 2 aromatic rings. The molecular weight excluding hydrogens is 322 g/mol. The minimum absolute atomic E-state index is 0.0224. The molecule has 0 saturated carbocycles. The maximum absolute atomic E-state index is 12.0. The molecule has 25 heavy (non-hydrogen) atoms. The summed E-state index contributed by atoms with van der Waals surface area (Å²) in [5, 5.41) is 7.05. The zero-order valence-electron chi connectivity index (χ0n) is 14.9. The number of hydrogen-bond donors (Lipinski definition) is 1. The molecule has 1 N–H and O–H groups in total. The van der Waals surface area contributed by atoms with Crippen molar-refractivity contribution in [1.82, 2.24) is 15.1 Å². The molecule has 136 valence electrons. The minimum Gasteiger partial charge on any atom is -0.493 e. The van der Waals surface area contributed by atoms with E-state index in [0.717, 1.165) is 18.5 Å². The number of carbonyl (C=O) groups is 1. The first-order valence-corrected chi connectivity index (χ1v) is 8.21. The number of amides is 1. The molecule has 1 aromatic carbocycles. The molecule has 0 unspecified atom stereocenters. The number of ether oxygens (including phenoxy) is 3. The minimum atomic E-state index is 0.0224. The predicted molar refractivity (Wildman–Crippen MR) is 94.3 cm³/mol. The molecule has 0 spiro atoms. The Morgan fingerprint density at radius 3 is 2.44 bits per heavy atom. The third-order valence-corrected chi connectivity index (χ3v) is 3.81. The SMILES string of the molecule is COc1cc(CCC(=O)NCCCn2cccn2)cc(OC)c1OC. The number of rotatable bonds is 10. The average molecular weight is 347 g/mol. The normalized spacial score (nSPS) is 10.4. The monoisotopic (exact) mass is 347 g/mol. The molecule has 7 nitrogen and oxygen atoms in total. The maximum Gasteiger partial charge on any atom is 0.220 e. The summed E-state index contributed by atoms with van der Waals surface area (Å²) < 4.78 is 17.8. The van der Waals surface area contributed by atoms with Crippen molar-refractivity contribution >= 4 is 5.91 Å². The Hall–Kier alpha value is -2.70. The number of hydrogen-bond acceptors (Lipinski definition) is 5. The van der Waals surface area contributed by atoms with Gasteiger partial charge >= 0.3 is 0 Å². The lowest BCUT2D eigenvalue weighted by molar-refractivity contribution is -0.121. The van der Waals surface area contributed by atoms with Gasteiger partial charge in [0.2, 0.25) is 11.7 Å². The Kier molecular flexibility index (Phi) is 7.13. The zero-order valence-corrected chi connectivity index (χ0v) is 14.9. The molecule has 0 bridgehead atoms. The fourth-order valence-electron chi connectivity index (χ4n) is 2.53. The summed E-state index contributed by atoms with van der Waals surface area (Å²) in [5.41, 5.74) is 0.959. The van der Waals surface area contributed by atoms with Gasteiger partial charge in [-0.25, -0.2) is 0 Å². The Morgan fingerprint density at radius 1 is 1.16 bits per heavy atom. The van der Waals surface area contributed by atoms with Crippen LogP contribution in [-0.4, -0.2) is 43.6 Å². The topological polar surface area (TPSA) is 74.6 Å². The summed E-state index contributed by atoms with van der Waals surface area (Å²) in [7, 11) is 4.72. The first-order chi connectivity index (χ1) is 12.2. The Morgan fingerprint density at radius 2 is 1.88 bits per heavy atom. The molecule has 1 amide bonds. The van der Waals surface area contributed by atoms with Crippen molar-refractivity contribution in [2.24, 2.45) is 0 Å². The number of carbonyl (C=O) groups excluding carboxylic acids is 1. The molecule has 0 fully saturated rings. The van der Waals surface area contributed by atoms with Crippen LogP contribution in [0.2, 0.25) is 0 Å². The van der Waals surface area contributed by atoms with Crippen molar-refractivity contribution in [1.29, 1.82) is 0 Å². The van der Waals surface area contributed by atoms with Crippen molar-refractivity contribution in [2.75, 3.05) is 27.9 Å². The van der Waals surface area contributed by atoms with Gasteiger partial charge in [-0.3, -0.25) is 9.48 Å². The van der Waals surface area contributed by atoms with E-state index in [4.69, 9.17) is 14.2 Å². The van der Waals surface area contributed by atoms with Crippen LogP contribution in [0.1, 0.15) is 18.4 Å². The summed E-state index contributed by atoms with van der Waals surface area (Å²) in [4.78, 5) is 12.0. The summed E-state index contributed by atoms with van der Waals surface area (Å²) >= 11 is 0. The number of nitrogens with zero attached hydrogens (tertiary/aromatic N) is 2. The van der Waals surface area contributed by atoms with Gasteiger partial charge in [0.05, 0.1) is 21.3 Å². The highest BCUT2D eigenvalue weighted by atomic mass is 16.5. The van der Waals surface area contributed by atoms with Crippen LogP contribution in [0.3, 0.4) is 0 Å². The second-order valence-corrected chi connectivity index (χ2v) is 5.51. The van der Waals surface area contributed by atoms with Crippen molar-refractivity contribution in [3.05, 3.63) is 36.2 Å². The molecule has 2 rings (SSSR count). The van der Waals surface area contributed by atoms with Crippen LogP contribution in [0.25, 0.3) is 0 Å². The van der Waals surface area contributed by atoms with Gasteiger partial charge in [0.15, 0.2) is 11.5 Å². The van der Waals surface area contributed by atoms with E-state index in [2.05, 4.69) is 10.4 Å². The summed E-state index contributed by atoms with van der Waals surface area (Å²) in [6.07, 6.45) is 5.50. The summed E-state index contributed by atoms with van der Waals surface area (Å²) in [6, 6.07) is 5.62. The van der Waals surface area contributed by atoms with Crippen LogP contribution in [-0.2, 0) is 17.8 Å². The van der Waals surface area contributed by atoms with E-state index >= 15 is 0 Å². The Balaban J connectivity index is 1.80. The van der Waals surface area contributed by atoms with Crippen molar-refractivity contribution in [3.63, 3.8) is 0 Å². The number of aryl methyl sites for hydroxylation is 2. The average Bonchev–Trinajstić information content (AvgIpc) is 3.15. The molecule has 0 atom stereocenters.